The van der Waals surface area contributed by atoms with Crippen molar-refractivity contribution in [2.24, 2.45) is 0 Å². The van der Waals surface area contributed by atoms with E-state index in [9.17, 15) is 24.5 Å². The zero-order chi connectivity index (χ0) is 20.0. The third-order valence-electron chi connectivity index (χ3n) is 3.54. The fourth-order valence-electron chi connectivity index (χ4n) is 2.14. The van der Waals surface area contributed by atoms with Crippen molar-refractivity contribution in [1.29, 1.82) is 0 Å². The van der Waals surface area contributed by atoms with E-state index in [0.29, 0.717) is 6.54 Å². The van der Waals surface area contributed by atoms with Gasteiger partial charge in [0.2, 0.25) is 0 Å². The van der Waals surface area contributed by atoms with Gasteiger partial charge in [-0.2, -0.15) is 11.3 Å². The summed E-state index contributed by atoms with van der Waals surface area (Å²) in [6.45, 7) is -0.168. The van der Waals surface area contributed by atoms with Gasteiger partial charge < -0.3 is 14.4 Å². The SMILES string of the molecule is COC(=O)c1cc(C(=O)OCC(=O)N(C)Cc2ccsc2)cc([N+](=O)[O-])c1. The Morgan fingerprint density at radius 1 is 1.19 bits per heavy atom. The summed E-state index contributed by atoms with van der Waals surface area (Å²) in [5.74, 6) is -2.23. The zero-order valence-electron chi connectivity index (χ0n) is 14.5. The Morgan fingerprint density at radius 3 is 2.41 bits per heavy atom. The van der Waals surface area contributed by atoms with Gasteiger partial charge in [0.25, 0.3) is 11.6 Å². The van der Waals surface area contributed by atoms with E-state index < -0.39 is 35.1 Å². The van der Waals surface area contributed by atoms with Crippen LogP contribution in [0.2, 0.25) is 0 Å². The van der Waals surface area contributed by atoms with E-state index in [1.165, 1.54) is 16.2 Å². The molecule has 1 aromatic carbocycles. The Balaban J connectivity index is 2.06. The van der Waals surface area contributed by atoms with Crippen LogP contribution in [-0.2, 0) is 20.8 Å². The second-order valence-electron chi connectivity index (χ2n) is 5.47. The van der Waals surface area contributed by atoms with Crippen molar-refractivity contribution in [3.05, 3.63) is 61.8 Å². The Bertz CT molecular complexity index is 864. The van der Waals surface area contributed by atoms with Gasteiger partial charge in [-0.1, -0.05) is 0 Å². The van der Waals surface area contributed by atoms with Gasteiger partial charge in [-0.3, -0.25) is 14.9 Å². The maximum atomic E-state index is 12.2. The molecule has 0 bridgehead atoms. The minimum absolute atomic E-state index is 0.167. The minimum atomic E-state index is -0.957. The summed E-state index contributed by atoms with van der Waals surface area (Å²) in [5.41, 5.74) is 0.0896. The van der Waals surface area contributed by atoms with Crippen molar-refractivity contribution in [3.63, 3.8) is 0 Å². The van der Waals surface area contributed by atoms with Crippen LogP contribution in [0.25, 0.3) is 0 Å². The normalized spacial score (nSPS) is 10.1. The second kappa shape index (κ2) is 8.90. The quantitative estimate of drug-likeness (QED) is 0.403. The lowest BCUT2D eigenvalue weighted by atomic mass is 10.1. The highest BCUT2D eigenvalue weighted by Crippen LogP contribution is 2.19. The van der Waals surface area contributed by atoms with Gasteiger partial charge >= 0.3 is 11.9 Å². The molecule has 1 amide bonds. The van der Waals surface area contributed by atoms with E-state index in [1.54, 1.807) is 7.05 Å². The number of nitro groups is 1. The Labute approximate surface area is 158 Å². The number of hydrogen-bond acceptors (Lipinski definition) is 8. The molecular weight excluding hydrogens is 376 g/mol. The molecule has 0 saturated heterocycles. The van der Waals surface area contributed by atoms with E-state index >= 15 is 0 Å². The number of rotatable bonds is 7. The summed E-state index contributed by atoms with van der Waals surface area (Å²) in [5, 5.41) is 14.8. The van der Waals surface area contributed by atoms with E-state index in [0.717, 1.165) is 30.9 Å². The molecular formula is C17H16N2O7S. The summed E-state index contributed by atoms with van der Waals surface area (Å²) in [7, 11) is 2.68. The van der Waals surface area contributed by atoms with E-state index in [4.69, 9.17) is 4.74 Å². The van der Waals surface area contributed by atoms with Crippen molar-refractivity contribution in [1.82, 2.24) is 4.90 Å². The van der Waals surface area contributed by atoms with Crippen LogP contribution in [0.5, 0.6) is 0 Å². The van der Waals surface area contributed by atoms with Gasteiger partial charge in [-0.05, 0) is 28.5 Å². The van der Waals surface area contributed by atoms with Gasteiger partial charge in [-0.15, -0.1) is 0 Å². The summed E-state index contributed by atoms with van der Waals surface area (Å²) < 4.78 is 9.44. The number of carbonyl (C=O) groups excluding carboxylic acids is 3. The van der Waals surface area contributed by atoms with Gasteiger partial charge in [0.05, 0.1) is 23.2 Å². The number of methoxy groups -OCH3 is 1. The predicted molar refractivity (Wildman–Crippen MR) is 95.5 cm³/mol. The number of benzene rings is 1. The van der Waals surface area contributed by atoms with Crippen molar-refractivity contribution < 1.29 is 28.8 Å². The van der Waals surface area contributed by atoms with Crippen LogP contribution in [0.15, 0.2) is 35.0 Å². The smallest absolute Gasteiger partial charge is 0.338 e. The highest BCUT2D eigenvalue weighted by Gasteiger charge is 2.20. The zero-order valence-corrected chi connectivity index (χ0v) is 15.4. The van der Waals surface area contributed by atoms with Crippen LogP contribution in [0.1, 0.15) is 26.3 Å². The van der Waals surface area contributed by atoms with Crippen LogP contribution in [-0.4, -0.2) is 48.4 Å². The van der Waals surface area contributed by atoms with Gasteiger partial charge in [0, 0.05) is 25.7 Å². The highest BCUT2D eigenvalue weighted by atomic mass is 32.1. The first-order valence-electron chi connectivity index (χ1n) is 7.61. The molecule has 0 unspecified atom stereocenters. The number of nitrogens with zero attached hydrogens (tertiary/aromatic N) is 2. The molecule has 27 heavy (non-hydrogen) atoms. The fourth-order valence-corrected chi connectivity index (χ4v) is 2.80. The largest absolute Gasteiger partial charge is 0.465 e. The number of carbonyl (C=O) groups is 3. The molecule has 10 heteroatoms. The Morgan fingerprint density at radius 2 is 1.85 bits per heavy atom. The summed E-state index contributed by atoms with van der Waals surface area (Å²) in [4.78, 5) is 47.5. The number of amides is 1. The molecule has 1 aromatic heterocycles. The van der Waals surface area contributed by atoms with E-state index in [2.05, 4.69) is 4.74 Å². The lowest BCUT2D eigenvalue weighted by molar-refractivity contribution is -0.384. The molecule has 2 aromatic rings. The Hall–Kier alpha value is -3.27. The summed E-state index contributed by atoms with van der Waals surface area (Å²) >= 11 is 1.50. The van der Waals surface area contributed by atoms with Crippen LogP contribution in [0.4, 0.5) is 5.69 Å². The molecule has 0 saturated carbocycles. The standard InChI is InChI=1S/C17H16N2O7S/c1-18(8-11-3-4-27-10-11)15(20)9-26-17(22)13-5-12(16(21)25-2)6-14(7-13)19(23)24/h3-7,10H,8-9H2,1-2H3. The predicted octanol–water partition coefficient (Wildman–Crippen LogP) is 2.26. The molecule has 0 aliphatic heterocycles. The first-order valence-corrected chi connectivity index (χ1v) is 8.56. The van der Waals surface area contributed by atoms with Crippen LogP contribution in [0.3, 0.4) is 0 Å². The van der Waals surface area contributed by atoms with E-state index in [1.807, 2.05) is 16.8 Å². The monoisotopic (exact) mass is 392 g/mol. The van der Waals surface area contributed by atoms with Gasteiger partial charge in [0.1, 0.15) is 0 Å². The van der Waals surface area contributed by atoms with Crippen molar-refractivity contribution >= 4 is 34.9 Å². The van der Waals surface area contributed by atoms with Crippen LogP contribution < -0.4 is 0 Å². The fraction of sp³-hybridized carbons (Fsp3) is 0.235. The third-order valence-corrected chi connectivity index (χ3v) is 4.27. The molecule has 142 valence electrons. The number of ether oxygens (including phenoxy) is 2. The van der Waals surface area contributed by atoms with Gasteiger partial charge in [-0.25, -0.2) is 9.59 Å². The number of likely N-dealkylation sites (N-methyl/N-ethyl adjacent to an activating group) is 1. The topological polar surface area (TPSA) is 116 Å². The molecule has 0 N–H and O–H groups in total. The second-order valence-corrected chi connectivity index (χ2v) is 6.25. The highest BCUT2D eigenvalue weighted by molar-refractivity contribution is 7.07. The minimum Gasteiger partial charge on any atom is -0.465 e. The number of non-ortho nitro benzene ring substituents is 1. The number of hydrogen-bond donors (Lipinski definition) is 0. The molecule has 0 spiro atoms. The number of esters is 2. The summed E-state index contributed by atoms with van der Waals surface area (Å²) in [6.07, 6.45) is 0. The molecule has 2 rings (SSSR count). The number of thiophene rings is 1. The first kappa shape index (κ1) is 20.0. The summed E-state index contributed by atoms with van der Waals surface area (Å²) in [6, 6.07) is 4.94. The first-order chi connectivity index (χ1) is 12.8. The molecule has 1 heterocycles. The molecule has 0 aliphatic carbocycles. The van der Waals surface area contributed by atoms with Crippen LogP contribution >= 0.6 is 11.3 Å². The Kier molecular flexibility index (Phi) is 6.61. The maximum Gasteiger partial charge on any atom is 0.338 e. The van der Waals surface area contributed by atoms with Crippen molar-refractivity contribution in [2.75, 3.05) is 20.8 Å². The molecule has 0 aliphatic rings. The average Bonchev–Trinajstić information content (AvgIpc) is 3.17. The maximum absolute atomic E-state index is 12.2. The van der Waals surface area contributed by atoms with Crippen molar-refractivity contribution in [2.45, 2.75) is 6.54 Å². The molecule has 0 atom stereocenters. The molecule has 9 nitrogen and oxygen atoms in total. The molecule has 0 fully saturated rings. The van der Waals surface area contributed by atoms with Crippen molar-refractivity contribution in [3.8, 4) is 0 Å². The lowest BCUT2D eigenvalue weighted by Gasteiger charge is -2.16. The molecule has 0 radical (unpaired) electrons. The van der Waals surface area contributed by atoms with E-state index in [-0.39, 0.29) is 11.1 Å². The average molecular weight is 392 g/mol. The third kappa shape index (κ3) is 5.35. The lowest BCUT2D eigenvalue weighted by Crippen LogP contribution is -2.30. The van der Waals surface area contributed by atoms with Crippen LogP contribution in [0, 0.1) is 10.1 Å². The van der Waals surface area contributed by atoms with Gasteiger partial charge in [0.15, 0.2) is 6.61 Å². The number of nitro benzene ring substituents is 1.